The molecule has 3 heterocycles. The Kier molecular flexibility index (Phi) is 6.65. The van der Waals surface area contributed by atoms with Gasteiger partial charge in [0.05, 0.1) is 0 Å². The summed E-state index contributed by atoms with van der Waals surface area (Å²) in [5, 5.41) is 0. The molecular weight excluding hydrogens is 560 g/mol. The molecule has 4 rings (SSSR count). The number of esters is 1. The molecule has 3 saturated heterocycles. The van der Waals surface area contributed by atoms with Gasteiger partial charge in [0.1, 0.15) is 0 Å². The van der Waals surface area contributed by atoms with Crippen LogP contribution in [0, 0.1) is 5.92 Å². The summed E-state index contributed by atoms with van der Waals surface area (Å²) in [4.78, 5) is 32.2. The Bertz CT molecular complexity index is 752. The quantitative estimate of drug-likeness (QED) is 0.380. The van der Waals surface area contributed by atoms with Crippen LogP contribution in [0.3, 0.4) is 0 Å². The normalized spacial score (nSPS) is 31.4. The van der Waals surface area contributed by atoms with E-state index >= 15 is 0 Å². The van der Waals surface area contributed by atoms with Crippen LogP contribution in [-0.2, 0) is 14.3 Å². The van der Waals surface area contributed by atoms with Gasteiger partial charge in [-0.2, -0.15) is 0 Å². The molecule has 0 bridgehead atoms. The number of methoxy groups -OCH3 is 1. The van der Waals surface area contributed by atoms with E-state index in [-0.39, 0.29) is 21.4 Å². The van der Waals surface area contributed by atoms with Gasteiger partial charge in [-0.1, -0.05) is 0 Å². The van der Waals surface area contributed by atoms with Crippen LogP contribution in [0.5, 0.6) is 0 Å². The van der Waals surface area contributed by atoms with Gasteiger partial charge in [-0.3, -0.25) is 0 Å². The SMILES string of the molecule is [B]N1CC2CCCN(C3CC(C(=O)OC)N(C(=O)[CH]([Pb])c4ccccc4)C3)C2C1. The van der Waals surface area contributed by atoms with Gasteiger partial charge >= 0.3 is 191 Å². The van der Waals surface area contributed by atoms with Crippen LogP contribution in [0.4, 0.5) is 0 Å². The number of ether oxygens (including phenoxy) is 1. The number of amides is 1. The fourth-order valence-corrected chi connectivity index (χ4v) is 6.71. The fourth-order valence-electron chi connectivity index (χ4n) is 5.31. The first-order valence-electron chi connectivity index (χ1n) is 10.4. The van der Waals surface area contributed by atoms with Crippen LogP contribution in [0.1, 0.15) is 28.3 Å². The number of hydrogen-bond acceptors (Lipinski definition) is 5. The topological polar surface area (TPSA) is 53.1 Å². The molecule has 5 unspecified atom stereocenters. The third-order valence-electron chi connectivity index (χ3n) is 6.74. The Balaban J connectivity index is 1.54. The van der Waals surface area contributed by atoms with Crippen molar-refractivity contribution in [3.05, 3.63) is 35.9 Å². The Morgan fingerprint density at radius 2 is 1.97 bits per heavy atom. The zero-order valence-corrected chi connectivity index (χ0v) is 20.8. The van der Waals surface area contributed by atoms with E-state index in [2.05, 4.69) is 4.90 Å². The van der Waals surface area contributed by atoms with Crippen molar-refractivity contribution in [2.45, 2.75) is 40.9 Å². The molecule has 3 aliphatic heterocycles. The molecular formula is C21H27BN3O3Pb. The molecule has 3 aliphatic rings. The summed E-state index contributed by atoms with van der Waals surface area (Å²) in [5.41, 5.74) is 1.03. The molecule has 1 aromatic carbocycles. The number of benzene rings is 1. The second-order valence-corrected chi connectivity index (χ2v) is 10.7. The molecule has 1 aromatic rings. The number of nitrogens with zero attached hydrogens (tertiary/aromatic N) is 3. The van der Waals surface area contributed by atoms with E-state index in [0.29, 0.717) is 50.7 Å². The van der Waals surface area contributed by atoms with Gasteiger partial charge in [-0.05, 0) is 0 Å². The molecule has 5 atom stereocenters. The average Bonchev–Trinajstić information content (AvgIpc) is 3.35. The van der Waals surface area contributed by atoms with E-state index in [0.717, 1.165) is 31.6 Å². The summed E-state index contributed by atoms with van der Waals surface area (Å²) < 4.78 is 4.92. The molecule has 29 heavy (non-hydrogen) atoms. The van der Waals surface area contributed by atoms with Gasteiger partial charge < -0.3 is 0 Å². The summed E-state index contributed by atoms with van der Waals surface area (Å²) in [6.45, 7) is 3.41. The zero-order valence-electron chi connectivity index (χ0n) is 16.9. The Hall–Kier alpha value is -0.933. The number of piperidine rings is 1. The third-order valence-corrected chi connectivity index (χ3v) is 8.99. The number of likely N-dealkylation sites (tertiary alicyclic amines) is 2. The maximum atomic E-state index is 13.4. The van der Waals surface area contributed by atoms with Crippen molar-refractivity contribution in [3.8, 4) is 0 Å². The van der Waals surface area contributed by atoms with Crippen LogP contribution >= 0.6 is 0 Å². The van der Waals surface area contributed by atoms with Crippen molar-refractivity contribution in [1.82, 2.24) is 14.6 Å². The predicted molar refractivity (Wildman–Crippen MR) is 111 cm³/mol. The molecule has 0 spiro atoms. The van der Waals surface area contributed by atoms with E-state index in [1.165, 1.54) is 13.5 Å². The van der Waals surface area contributed by atoms with Crippen molar-refractivity contribution in [2.75, 3.05) is 33.3 Å². The zero-order chi connectivity index (χ0) is 20.5. The molecule has 3 fully saturated rings. The van der Waals surface area contributed by atoms with Crippen molar-refractivity contribution in [3.63, 3.8) is 0 Å². The predicted octanol–water partition coefficient (Wildman–Crippen LogP) is 0.518. The first-order chi connectivity index (χ1) is 14.0. The standard InChI is InChI=1S/C21H27BN3O3.Pb/c1-28-21(27)18-11-17(24-9-5-8-16-12-23(22)14-19(16)24)13-25(18)20(26)10-15-6-3-2-4-7-15;/h2-4,6-7,10,16-19H,5,8-9,11-14H2,1H3;. The molecule has 0 saturated carbocycles. The van der Waals surface area contributed by atoms with E-state index in [1.54, 1.807) is 4.90 Å². The second kappa shape index (κ2) is 9.06. The van der Waals surface area contributed by atoms with Gasteiger partial charge in [-0.25, -0.2) is 0 Å². The fraction of sp³-hybridized carbons (Fsp3) is 0.619. The van der Waals surface area contributed by atoms with Gasteiger partial charge in [0.25, 0.3) is 0 Å². The summed E-state index contributed by atoms with van der Waals surface area (Å²) in [7, 11) is 7.52. The maximum absolute atomic E-state index is 13.4. The molecule has 0 N–H and O–H groups in total. The summed E-state index contributed by atoms with van der Waals surface area (Å²) in [6, 6.07) is 10.0. The van der Waals surface area contributed by atoms with Gasteiger partial charge in [0.2, 0.25) is 0 Å². The summed E-state index contributed by atoms with van der Waals surface area (Å²) in [5.74, 6) is 0.343. The first kappa shape index (κ1) is 21.3. The monoisotopic (exact) mass is 588 g/mol. The number of hydrogen-bond donors (Lipinski definition) is 0. The summed E-state index contributed by atoms with van der Waals surface area (Å²) in [6.07, 6.45) is 3.01. The van der Waals surface area contributed by atoms with E-state index in [9.17, 15) is 9.59 Å². The third kappa shape index (κ3) is 4.28. The number of fused-ring (bicyclic) bond motifs is 1. The van der Waals surface area contributed by atoms with Crippen molar-refractivity contribution >= 4 is 45.6 Å². The average molecular weight is 587 g/mol. The minimum absolute atomic E-state index is 0.0567. The van der Waals surface area contributed by atoms with E-state index in [1.807, 2.05) is 35.1 Å². The van der Waals surface area contributed by atoms with Crippen LogP contribution in [0.25, 0.3) is 0 Å². The van der Waals surface area contributed by atoms with Gasteiger partial charge in [0, 0.05) is 0 Å². The first-order valence-corrected chi connectivity index (χ1v) is 12.6. The minimum atomic E-state index is -0.492. The van der Waals surface area contributed by atoms with E-state index in [4.69, 9.17) is 12.7 Å². The number of carbonyl (C=O) groups excluding carboxylic acids is 2. The van der Waals surface area contributed by atoms with Crippen LogP contribution < -0.4 is 0 Å². The van der Waals surface area contributed by atoms with Gasteiger partial charge in [0.15, 0.2) is 0 Å². The Labute approximate surface area is 190 Å². The van der Waals surface area contributed by atoms with Crippen LogP contribution in [0.15, 0.2) is 30.3 Å². The molecule has 0 aromatic heterocycles. The number of rotatable bonds is 4. The molecule has 151 valence electrons. The van der Waals surface area contributed by atoms with Crippen molar-refractivity contribution in [2.24, 2.45) is 5.92 Å². The molecule has 8 heteroatoms. The molecule has 0 aliphatic carbocycles. The van der Waals surface area contributed by atoms with Crippen LogP contribution in [-0.4, -0.2) is 112 Å². The van der Waals surface area contributed by atoms with Crippen LogP contribution in [0.2, 0.25) is 0 Å². The summed E-state index contributed by atoms with van der Waals surface area (Å²) >= 11 is 0.707. The molecule has 6 nitrogen and oxygen atoms in total. The van der Waals surface area contributed by atoms with Crippen molar-refractivity contribution in [1.29, 1.82) is 0 Å². The molecule has 5 radical (unpaired) electrons. The van der Waals surface area contributed by atoms with Crippen molar-refractivity contribution < 1.29 is 14.3 Å². The van der Waals surface area contributed by atoms with Gasteiger partial charge in [-0.15, -0.1) is 0 Å². The van der Waals surface area contributed by atoms with E-state index < -0.39 is 6.04 Å². The Morgan fingerprint density at radius 3 is 2.69 bits per heavy atom. The Morgan fingerprint density at radius 1 is 1.21 bits per heavy atom. The molecule has 1 amide bonds. The second-order valence-electron chi connectivity index (χ2n) is 8.42. The number of carbonyl (C=O) groups is 2.